The standard InChI is InChI=1S/C57H118N/c1-5-9-13-17-21-25-29-33-37-41-45-49-53-57-58(54-50-46-42-38-34-30-26-22-18-14-10-6-2,55-51-47-43-39-35-31-27-23-19-15-11-7-3)56-52-48-44-40-36-32-28-24-20-16-12-8-4/h5-57H2,1-4H3/q+1. The van der Waals surface area contributed by atoms with Gasteiger partial charge in [-0.2, -0.15) is 0 Å². The summed E-state index contributed by atoms with van der Waals surface area (Å²) >= 11 is 0. The van der Waals surface area contributed by atoms with Crippen LogP contribution in [0.5, 0.6) is 0 Å². The lowest BCUT2D eigenvalue weighted by Gasteiger charge is -2.40. The second-order valence-corrected chi connectivity index (χ2v) is 20.1. The van der Waals surface area contributed by atoms with Crippen molar-refractivity contribution >= 4 is 0 Å². The molecule has 0 aromatic heterocycles. The number of hydrogen-bond donors (Lipinski definition) is 0. The molecule has 1 heteroatoms. The fourth-order valence-electron chi connectivity index (χ4n) is 10.0. The molecule has 0 rings (SSSR count). The summed E-state index contributed by atoms with van der Waals surface area (Å²) in [7, 11) is 0. The summed E-state index contributed by atoms with van der Waals surface area (Å²) in [6, 6.07) is 0. The topological polar surface area (TPSA) is 0 Å². The summed E-state index contributed by atoms with van der Waals surface area (Å²) in [6.45, 7) is 15.3. The van der Waals surface area contributed by atoms with Gasteiger partial charge in [-0.15, -0.1) is 0 Å². The predicted molar refractivity (Wildman–Crippen MR) is 269 cm³/mol. The lowest BCUT2D eigenvalue weighted by atomic mass is 10.0. The average molecular weight is 818 g/mol. The van der Waals surface area contributed by atoms with E-state index in [1.54, 1.807) is 0 Å². The minimum atomic E-state index is 1.37. The molecule has 58 heavy (non-hydrogen) atoms. The van der Waals surface area contributed by atoms with Crippen LogP contribution in [0.4, 0.5) is 0 Å². The zero-order valence-corrected chi connectivity index (χ0v) is 41.9. The number of hydrogen-bond acceptors (Lipinski definition) is 0. The van der Waals surface area contributed by atoms with Gasteiger partial charge in [-0.05, 0) is 51.4 Å². The molecule has 0 saturated heterocycles. The predicted octanol–water partition coefficient (Wildman–Crippen LogP) is 21.0. The highest BCUT2D eigenvalue weighted by atomic mass is 15.3. The minimum Gasteiger partial charge on any atom is -0.324 e. The van der Waals surface area contributed by atoms with Crippen LogP contribution in [-0.4, -0.2) is 30.7 Å². The van der Waals surface area contributed by atoms with E-state index in [9.17, 15) is 0 Å². The lowest BCUT2D eigenvalue weighted by molar-refractivity contribution is -0.929. The van der Waals surface area contributed by atoms with Crippen molar-refractivity contribution in [2.24, 2.45) is 0 Å². The summed E-state index contributed by atoms with van der Waals surface area (Å²) in [5.41, 5.74) is 0. The van der Waals surface area contributed by atoms with Crippen molar-refractivity contribution in [2.45, 2.75) is 342 Å². The third-order valence-corrected chi connectivity index (χ3v) is 14.2. The molecule has 0 saturated carbocycles. The molecule has 350 valence electrons. The number of quaternary nitrogens is 1. The first-order valence-corrected chi connectivity index (χ1v) is 28.6. The maximum atomic E-state index is 2.33. The number of rotatable bonds is 53. The van der Waals surface area contributed by atoms with Gasteiger partial charge in [0.25, 0.3) is 0 Å². The molecule has 0 amide bonds. The van der Waals surface area contributed by atoms with Crippen molar-refractivity contribution in [3.8, 4) is 0 Å². The lowest BCUT2D eigenvalue weighted by Crippen LogP contribution is -2.50. The van der Waals surface area contributed by atoms with Crippen molar-refractivity contribution in [3.05, 3.63) is 0 Å². The van der Waals surface area contributed by atoms with Crippen LogP contribution in [0.25, 0.3) is 0 Å². The van der Waals surface area contributed by atoms with Crippen LogP contribution in [0, 0.1) is 0 Å². The highest BCUT2D eigenvalue weighted by Crippen LogP contribution is 2.22. The normalized spacial score (nSPS) is 12.0. The first-order chi connectivity index (χ1) is 28.7. The van der Waals surface area contributed by atoms with Crippen LogP contribution in [0.1, 0.15) is 342 Å². The van der Waals surface area contributed by atoms with Crippen molar-refractivity contribution in [3.63, 3.8) is 0 Å². The van der Waals surface area contributed by atoms with Gasteiger partial charge in [0.1, 0.15) is 0 Å². The molecule has 0 aliphatic heterocycles. The smallest absolute Gasteiger partial charge is 0.0786 e. The summed E-state index contributed by atoms with van der Waals surface area (Å²) in [5, 5.41) is 0. The molecule has 0 unspecified atom stereocenters. The fraction of sp³-hybridized carbons (Fsp3) is 1.00. The molecular formula is C57H118N+. The van der Waals surface area contributed by atoms with E-state index in [0.29, 0.717) is 0 Å². The van der Waals surface area contributed by atoms with Crippen molar-refractivity contribution < 1.29 is 4.48 Å². The first-order valence-electron chi connectivity index (χ1n) is 28.6. The highest BCUT2D eigenvalue weighted by molar-refractivity contribution is 4.57. The Bertz CT molecular complexity index is 630. The van der Waals surface area contributed by atoms with Crippen LogP contribution >= 0.6 is 0 Å². The first kappa shape index (κ1) is 58.0. The second-order valence-electron chi connectivity index (χ2n) is 20.1. The van der Waals surface area contributed by atoms with E-state index in [2.05, 4.69) is 27.7 Å². The van der Waals surface area contributed by atoms with Crippen molar-refractivity contribution in [2.75, 3.05) is 26.2 Å². The van der Waals surface area contributed by atoms with Crippen LogP contribution in [0.3, 0.4) is 0 Å². The Hall–Kier alpha value is -0.0400. The van der Waals surface area contributed by atoms with Crippen LogP contribution in [-0.2, 0) is 0 Å². The zero-order valence-electron chi connectivity index (χ0n) is 41.9. The Labute approximate surface area is 371 Å². The number of nitrogens with zero attached hydrogens (tertiary/aromatic N) is 1. The molecule has 0 N–H and O–H groups in total. The highest BCUT2D eigenvalue weighted by Gasteiger charge is 2.25. The molecule has 0 heterocycles. The molecule has 0 radical (unpaired) electrons. The van der Waals surface area contributed by atoms with Crippen LogP contribution in [0.15, 0.2) is 0 Å². The average Bonchev–Trinajstić information content (AvgIpc) is 3.23. The molecule has 0 aromatic rings. The Morgan fingerprint density at radius 1 is 0.138 bits per heavy atom. The Morgan fingerprint density at radius 2 is 0.241 bits per heavy atom. The quantitative estimate of drug-likeness (QED) is 0.0424. The van der Waals surface area contributed by atoms with Gasteiger partial charge < -0.3 is 4.48 Å². The van der Waals surface area contributed by atoms with E-state index < -0.39 is 0 Å². The fourth-order valence-corrected chi connectivity index (χ4v) is 10.0. The summed E-state index contributed by atoms with van der Waals surface area (Å²) in [6.07, 6.45) is 72.2. The minimum absolute atomic E-state index is 1.37. The van der Waals surface area contributed by atoms with Gasteiger partial charge in [0.15, 0.2) is 0 Å². The van der Waals surface area contributed by atoms with Gasteiger partial charge in [0.05, 0.1) is 26.2 Å². The molecule has 0 aliphatic rings. The van der Waals surface area contributed by atoms with E-state index in [1.807, 2.05) is 0 Å². The number of unbranched alkanes of at least 4 members (excludes halogenated alkanes) is 45. The van der Waals surface area contributed by atoms with Crippen LogP contribution < -0.4 is 0 Å². The third kappa shape index (κ3) is 45.5. The molecule has 0 spiro atoms. The van der Waals surface area contributed by atoms with E-state index in [0.717, 1.165) is 0 Å². The van der Waals surface area contributed by atoms with Crippen molar-refractivity contribution in [1.29, 1.82) is 0 Å². The summed E-state index contributed by atoms with van der Waals surface area (Å²) < 4.78 is 1.49. The molecular weight excluding hydrogens is 699 g/mol. The van der Waals surface area contributed by atoms with Crippen molar-refractivity contribution in [1.82, 2.24) is 0 Å². The Morgan fingerprint density at radius 3 is 0.362 bits per heavy atom. The van der Waals surface area contributed by atoms with Gasteiger partial charge >= 0.3 is 0 Å². The molecule has 0 aromatic carbocycles. The molecule has 0 atom stereocenters. The Balaban J connectivity index is 4.91. The third-order valence-electron chi connectivity index (χ3n) is 14.2. The monoisotopic (exact) mass is 817 g/mol. The second kappa shape index (κ2) is 51.3. The maximum Gasteiger partial charge on any atom is 0.0786 e. The van der Waals surface area contributed by atoms with Crippen LogP contribution in [0.2, 0.25) is 0 Å². The van der Waals surface area contributed by atoms with Gasteiger partial charge in [-0.1, -0.05) is 291 Å². The zero-order chi connectivity index (χ0) is 42.0. The van der Waals surface area contributed by atoms with Gasteiger partial charge in [0, 0.05) is 0 Å². The SMILES string of the molecule is CCCCCCCCCCCCCCC[N+](CCCCCCCCCCCCCC)(CCCCCCCCCCCCCC)CCCCCCCCCCCCCC. The molecule has 0 aliphatic carbocycles. The van der Waals surface area contributed by atoms with E-state index in [1.165, 1.54) is 345 Å². The molecule has 0 bridgehead atoms. The Kier molecular flexibility index (Phi) is 51.3. The molecule has 0 fully saturated rings. The van der Waals surface area contributed by atoms with Gasteiger partial charge in [-0.25, -0.2) is 0 Å². The summed E-state index contributed by atoms with van der Waals surface area (Å²) in [4.78, 5) is 0. The van der Waals surface area contributed by atoms with Gasteiger partial charge in [-0.3, -0.25) is 0 Å². The van der Waals surface area contributed by atoms with Gasteiger partial charge in [0.2, 0.25) is 0 Å². The van der Waals surface area contributed by atoms with E-state index >= 15 is 0 Å². The van der Waals surface area contributed by atoms with E-state index in [-0.39, 0.29) is 0 Å². The largest absolute Gasteiger partial charge is 0.324 e. The summed E-state index contributed by atoms with van der Waals surface area (Å²) in [5.74, 6) is 0. The maximum absolute atomic E-state index is 2.33. The van der Waals surface area contributed by atoms with E-state index in [4.69, 9.17) is 0 Å². The molecule has 1 nitrogen and oxygen atoms in total.